The summed E-state index contributed by atoms with van der Waals surface area (Å²) in [7, 11) is 0. The highest BCUT2D eigenvalue weighted by atomic mass is 79.9. The third kappa shape index (κ3) is 2.12. The van der Waals surface area contributed by atoms with Crippen LogP contribution < -0.4 is 0 Å². The van der Waals surface area contributed by atoms with E-state index in [1.54, 1.807) is 18.5 Å². The van der Waals surface area contributed by atoms with Crippen molar-refractivity contribution in [2.45, 2.75) is 6.92 Å². The molecule has 0 amide bonds. The third-order valence-electron chi connectivity index (χ3n) is 1.42. The highest BCUT2D eigenvalue weighted by molar-refractivity contribution is 9.12. The normalized spacial score (nSPS) is 29.5. The Hall–Kier alpha value is -0.700. The Balaban J connectivity index is 3.01. The Morgan fingerprint density at radius 1 is 1.73 bits per heavy atom. The number of allylic oxidation sites excluding steroid dienone is 3. The van der Waals surface area contributed by atoms with Gasteiger partial charge < -0.3 is 4.79 Å². The molecule has 1 rings (SSSR count). The van der Waals surface area contributed by atoms with Gasteiger partial charge in [0.15, 0.2) is 0 Å². The van der Waals surface area contributed by atoms with Gasteiger partial charge in [-0.05, 0) is 28.9 Å². The van der Waals surface area contributed by atoms with E-state index in [0.717, 1.165) is 10.8 Å². The van der Waals surface area contributed by atoms with Crippen LogP contribution in [0.1, 0.15) is 6.92 Å². The van der Waals surface area contributed by atoms with Crippen LogP contribution in [0.3, 0.4) is 0 Å². The standard InChI is InChI=1S/C8H8BrNO/c1-8(6-11)2-3-10-5-7(9)4-8/h2-6H,1H3. The summed E-state index contributed by atoms with van der Waals surface area (Å²) < 4.78 is 0.831. The summed E-state index contributed by atoms with van der Waals surface area (Å²) in [5.41, 5.74) is -0.519. The van der Waals surface area contributed by atoms with E-state index in [0.29, 0.717) is 0 Å². The SMILES string of the molecule is CC1(C=O)C=CN=CC(Br)=C1. The average Bonchev–Trinajstić information content (AvgIpc) is 2.13. The maximum absolute atomic E-state index is 10.6. The molecule has 0 aliphatic carbocycles. The number of halogens is 1. The molecule has 1 aliphatic rings. The van der Waals surface area contributed by atoms with E-state index in [4.69, 9.17) is 0 Å². The van der Waals surface area contributed by atoms with E-state index in [2.05, 4.69) is 20.9 Å². The van der Waals surface area contributed by atoms with Gasteiger partial charge in [0.1, 0.15) is 6.29 Å². The molecule has 0 saturated heterocycles. The largest absolute Gasteiger partial charge is 0.302 e. The molecule has 3 heteroatoms. The van der Waals surface area contributed by atoms with Crippen LogP contribution in [0.4, 0.5) is 0 Å². The van der Waals surface area contributed by atoms with Gasteiger partial charge in [-0.1, -0.05) is 6.08 Å². The minimum Gasteiger partial charge on any atom is -0.302 e. The van der Waals surface area contributed by atoms with Crippen LogP contribution in [0.15, 0.2) is 27.8 Å². The van der Waals surface area contributed by atoms with E-state index in [-0.39, 0.29) is 0 Å². The van der Waals surface area contributed by atoms with Crippen molar-refractivity contribution in [3.05, 3.63) is 22.8 Å². The van der Waals surface area contributed by atoms with Crippen LogP contribution in [0.5, 0.6) is 0 Å². The average molecular weight is 214 g/mol. The molecule has 1 heterocycles. The molecule has 0 radical (unpaired) electrons. The van der Waals surface area contributed by atoms with Gasteiger partial charge in [0.25, 0.3) is 0 Å². The van der Waals surface area contributed by atoms with E-state index < -0.39 is 5.41 Å². The number of aldehydes is 1. The number of hydrogen-bond donors (Lipinski definition) is 0. The fourth-order valence-electron chi connectivity index (χ4n) is 0.774. The zero-order valence-electron chi connectivity index (χ0n) is 6.12. The number of aliphatic imine (C=N–C) groups is 1. The van der Waals surface area contributed by atoms with Crippen molar-refractivity contribution in [2.75, 3.05) is 0 Å². The van der Waals surface area contributed by atoms with E-state index in [9.17, 15) is 4.79 Å². The van der Waals surface area contributed by atoms with Crippen molar-refractivity contribution < 1.29 is 4.79 Å². The van der Waals surface area contributed by atoms with Gasteiger partial charge in [-0.3, -0.25) is 4.99 Å². The Labute approximate surface area is 73.8 Å². The lowest BCUT2D eigenvalue weighted by molar-refractivity contribution is -0.111. The number of carbonyl (C=O) groups is 1. The first-order valence-corrected chi connectivity index (χ1v) is 4.01. The van der Waals surface area contributed by atoms with Crippen LogP contribution in [0.25, 0.3) is 0 Å². The van der Waals surface area contributed by atoms with Crippen molar-refractivity contribution in [1.29, 1.82) is 0 Å². The summed E-state index contributed by atoms with van der Waals surface area (Å²) in [5.74, 6) is 0. The van der Waals surface area contributed by atoms with Gasteiger partial charge in [0, 0.05) is 16.9 Å². The molecule has 1 atom stereocenters. The summed E-state index contributed by atoms with van der Waals surface area (Å²) in [6.45, 7) is 1.83. The molecule has 2 nitrogen and oxygen atoms in total. The molecule has 1 aliphatic heterocycles. The molecule has 0 fully saturated rings. The van der Waals surface area contributed by atoms with Crippen LogP contribution in [0, 0.1) is 5.41 Å². The first-order chi connectivity index (χ1) is 5.16. The van der Waals surface area contributed by atoms with Gasteiger partial charge >= 0.3 is 0 Å². The van der Waals surface area contributed by atoms with Crippen molar-refractivity contribution in [3.63, 3.8) is 0 Å². The lowest BCUT2D eigenvalue weighted by Gasteiger charge is -2.10. The van der Waals surface area contributed by atoms with Gasteiger partial charge in [-0.25, -0.2) is 0 Å². The molecule has 0 aromatic heterocycles. The molecule has 0 bridgehead atoms. The first-order valence-electron chi connectivity index (χ1n) is 3.22. The maximum atomic E-state index is 10.6. The minimum atomic E-state index is -0.519. The minimum absolute atomic E-state index is 0.519. The Bertz CT molecular complexity index is 255. The Kier molecular flexibility index (Phi) is 2.39. The summed E-state index contributed by atoms with van der Waals surface area (Å²) in [4.78, 5) is 14.5. The van der Waals surface area contributed by atoms with E-state index in [1.165, 1.54) is 0 Å². The molecule has 1 unspecified atom stereocenters. The first kappa shape index (κ1) is 8.40. The van der Waals surface area contributed by atoms with Gasteiger partial charge in [0.2, 0.25) is 0 Å². The van der Waals surface area contributed by atoms with E-state index in [1.807, 2.05) is 13.0 Å². The van der Waals surface area contributed by atoms with Gasteiger partial charge in [-0.2, -0.15) is 0 Å². The maximum Gasteiger partial charge on any atom is 0.133 e. The van der Waals surface area contributed by atoms with Gasteiger partial charge in [0.05, 0.1) is 5.41 Å². The Morgan fingerprint density at radius 3 is 3.09 bits per heavy atom. The highest BCUT2D eigenvalue weighted by Gasteiger charge is 2.17. The molecule has 58 valence electrons. The number of rotatable bonds is 1. The second kappa shape index (κ2) is 3.13. The predicted octanol–water partition coefficient (Wildman–Crippen LogP) is 2.07. The van der Waals surface area contributed by atoms with Crippen LogP contribution in [-0.2, 0) is 4.79 Å². The molecule has 0 aromatic rings. The Morgan fingerprint density at radius 2 is 2.45 bits per heavy atom. The molecule has 0 aromatic carbocycles. The van der Waals surface area contributed by atoms with Gasteiger partial charge in [-0.15, -0.1) is 0 Å². The summed E-state index contributed by atoms with van der Waals surface area (Å²) in [5, 5.41) is 0. The summed E-state index contributed by atoms with van der Waals surface area (Å²) in [6.07, 6.45) is 7.74. The van der Waals surface area contributed by atoms with Crippen LogP contribution in [0.2, 0.25) is 0 Å². The van der Waals surface area contributed by atoms with Crippen LogP contribution in [-0.4, -0.2) is 12.5 Å². The zero-order valence-corrected chi connectivity index (χ0v) is 7.71. The second-order valence-electron chi connectivity index (χ2n) is 2.61. The number of carbonyl (C=O) groups excluding carboxylic acids is 1. The number of nitrogens with zero attached hydrogens (tertiary/aromatic N) is 1. The van der Waals surface area contributed by atoms with Crippen molar-refractivity contribution >= 4 is 28.4 Å². The topological polar surface area (TPSA) is 29.4 Å². The molecular weight excluding hydrogens is 206 g/mol. The highest BCUT2D eigenvalue weighted by Crippen LogP contribution is 2.22. The fraction of sp³-hybridized carbons (Fsp3) is 0.250. The zero-order chi connectivity index (χ0) is 8.32. The second-order valence-corrected chi connectivity index (χ2v) is 3.52. The van der Waals surface area contributed by atoms with E-state index >= 15 is 0 Å². The van der Waals surface area contributed by atoms with Crippen molar-refractivity contribution in [3.8, 4) is 0 Å². The predicted molar refractivity (Wildman–Crippen MR) is 48.8 cm³/mol. The third-order valence-corrected chi connectivity index (χ3v) is 1.85. The summed E-state index contributed by atoms with van der Waals surface area (Å²) >= 11 is 3.27. The monoisotopic (exact) mass is 213 g/mol. The smallest absolute Gasteiger partial charge is 0.133 e. The fourth-order valence-corrected chi connectivity index (χ4v) is 1.39. The molecular formula is C8H8BrNO. The lowest BCUT2D eigenvalue weighted by Crippen LogP contribution is -2.10. The molecule has 0 spiro atoms. The lowest BCUT2D eigenvalue weighted by atomic mass is 9.93. The van der Waals surface area contributed by atoms with Crippen molar-refractivity contribution in [1.82, 2.24) is 0 Å². The number of hydrogen-bond acceptors (Lipinski definition) is 2. The quantitative estimate of drug-likeness (QED) is 0.614. The summed E-state index contributed by atoms with van der Waals surface area (Å²) in [6, 6.07) is 0. The van der Waals surface area contributed by atoms with Crippen molar-refractivity contribution in [2.24, 2.45) is 10.4 Å². The molecule has 0 saturated carbocycles. The van der Waals surface area contributed by atoms with Crippen LogP contribution >= 0.6 is 15.9 Å². The molecule has 11 heavy (non-hydrogen) atoms. The molecule has 0 N–H and O–H groups in total.